The van der Waals surface area contributed by atoms with E-state index < -0.39 is 23.5 Å². The number of nitrogens with two attached hydrogens (primary N) is 1. The minimum Gasteiger partial charge on any atom is -0.496 e. The molecular weight excluding hydrogens is 949 g/mol. The monoisotopic (exact) mass is 1010 g/mol. The average Bonchev–Trinajstić information content (AvgIpc) is 3.39. The highest BCUT2D eigenvalue weighted by atomic mass is 19.4. The van der Waals surface area contributed by atoms with Gasteiger partial charge in [-0.1, -0.05) is 19.9 Å². The van der Waals surface area contributed by atoms with E-state index >= 15 is 0 Å². The van der Waals surface area contributed by atoms with Crippen LogP contribution in [0.25, 0.3) is 45.3 Å². The number of rotatable bonds is 10. The van der Waals surface area contributed by atoms with E-state index in [-0.39, 0.29) is 17.3 Å². The van der Waals surface area contributed by atoms with Crippen molar-refractivity contribution in [1.82, 2.24) is 29.9 Å². The number of nitrogen functional groups attached to an aromatic ring is 1. The molecule has 0 aliphatic carbocycles. The highest BCUT2D eigenvalue weighted by molar-refractivity contribution is 5.73. The molecule has 382 valence electrons. The van der Waals surface area contributed by atoms with E-state index in [4.69, 9.17) is 24.7 Å². The third-order valence-corrected chi connectivity index (χ3v) is 11.0. The molecule has 0 fully saturated rings. The molecular formula is C56H57F6N7O4. The first-order chi connectivity index (χ1) is 34.7. The third kappa shape index (κ3) is 15.2. The van der Waals surface area contributed by atoms with Gasteiger partial charge in [-0.2, -0.15) is 26.3 Å². The van der Waals surface area contributed by atoms with Crippen LogP contribution < -0.4 is 24.7 Å². The van der Waals surface area contributed by atoms with Gasteiger partial charge in [-0.25, -0.2) is 19.9 Å². The number of hydrogen-bond donors (Lipinski definition) is 1. The van der Waals surface area contributed by atoms with Crippen LogP contribution in [0.4, 0.5) is 32.0 Å². The Balaban J connectivity index is 0.000000181. The fourth-order valence-electron chi connectivity index (χ4n) is 7.16. The molecule has 11 nitrogen and oxygen atoms in total. The summed E-state index contributed by atoms with van der Waals surface area (Å²) >= 11 is 0. The van der Waals surface area contributed by atoms with Crippen molar-refractivity contribution in [1.29, 1.82) is 0 Å². The van der Waals surface area contributed by atoms with Crippen molar-refractivity contribution >= 4 is 5.69 Å². The van der Waals surface area contributed by atoms with Crippen molar-refractivity contribution in [3.8, 4) is 68.3 Å². The molecule has 4 heterocycles. The maximum atomic E-state index is 13.0. The molecule has 0 radical (unpaired) electrons. The summed E-state index contributed by atoms with van der Waals surface area (Å²) in [6, 6.07) is 32.4. The molecule has 73 heavy (non-hydrogen) atoms. The van der Waals surface area contributed by atoms with Gasteiger partial charge in [0.15, 0.2) is 11.6 Å². The first kappa shape index (κ1) is 55.8. The Morgan fingerprint density at radius 2 is 0.904 bits per heavy atom. The molecule has 0 aliphatic rings. The number of pyridine rings is 2. The Kier molecular flexibility index (Phi) is 19.4. The number of methoxy groups -OCH3 is 4. The Labute approximate surface area is 421 Å². The maximum absolute atomic E-state index is 13.0. The lowest BCUT2D eigenvalue weighted by Gasteiger charge is -2.13. The Morgan fingerprint density at radius 3 is 1.42 bits per heavy atom. The van der Waals surface area contributed by atoms with Crippen LogP contribution in [-0.4, -0.2) is 58.3 Å². The smallest absolute Gasteiger partial charge is 0.419 e. The van der Waals surface area contributed by atoms with E-state index in [0.717, 1.165) is 87.3 Å². The lowest BCUT2D eigenvalue weighted by atomic mass is 10.1. The van der Waals surface area contributed by atoms with Crippen molar-refractivity contribution in [2.75, 3.05) is 34.2 Å². The molecule has 17 heteroatoms. The molecule has 0 amide bonds. The second-order valence-corrected chi connectivity index (χ2v) is 16.2. The summed E-state index contributed by atoms with van der Waals surface area (Å²) in [5.74, 6) is 2.39. The van der Waals surface area contributed by atoms with Gasteiger partial charge in [0.1, 0.15) is 23.0 Å². The number of aryl methyl sites for hydroxylation is 6. The SMILES string of the molecule is CCc1cccc(-c2ccc(OC)c(C(F)(F)F)c2)n1.CCc1ccnc(-c2ccc(OC)c(C)c2)n1.COc1ccc(-c2nc(C)ccc2N)cc1C.COc1ccc(-c2nccc(C)n2)cc1C(F)(F)F. The molecule has 0 unspecified atom stereocenters. The van der Waals surface area contributed by atoms with Gasteiger partial charge < -0.3 is 24.7 Å². The first-order valence-corrected chi connectivity index (χ1v) is 22.8. The van der Waals surface area contributed by atoms with Crippen molar-refractivity contribution in [2.45, 2.75) is 66.7 Å². The van der Waals surface area contributed by atoms with Gasteiger partial charge in [0.25, 0.3) is 0 Å². The number of ether oxygens (including phenoxy) is 4. The fourth-order valence-corrected chi connectivity index (χ4v) is 7.16. The number of alkyl halides is 6. The largest absolute Gasteiger partial charge is 0.496 e. The van der Waals surface area contributed by atoms with E-state index in [2.05, 4.69) is 36.8 Å². The Hall–Kier alpha value is -8.08. The molecule has 0 atom stereocenters. The normalized spacial score (nSPS) is 10.9. The number of halogens is 6. The van der Waals surface area contributed by atoms with Gasteiger partial charge in [-0.3, -0.25) is 9.97 Å². The number of benzene rings is 4. The van der Waals surface area contributed by atoms with Crippen molar-refractivity contribution < 1.29 is 45.3 Å². The van der Waals surface area contributed by atoms with Crippen LogP contribution in [0.1, 0.15) is 58.9 Å². The Bertz CT molecular complexity index is 3110. The maximum Gasteiger partial charge on any atom is 0.419 e. The van der Waals surface area contributed by atoms with Crippen LogP contribution in [0.5, 0.6) is 23.0 Å². The highest BCUT2D eigenvalue weighted by Gasteiger charge is 2.35. The van der Waals surface area contributed by atoms with Crippen LogP contribution in [0, 0.1) is 27.7 Å². The number of aromatic nitrogens is 6. The average molecular weight is 1010 g/mol. The second kappa shape index (κ2) is 25.3. The zero-order valence-electron chi connectivity index (χ0n) is 42.2. The van der Waals surface area contributed by atoms with Gasteiger partial charge in [0.05, 0.1) is 56.6 Å². The summed E-state index contributed by atoms with van der Waals surface area (Å²) < 4.78 is 97.6. The van der Waals surface area contributed by atoms with Crippen molar-refractivity contribution in [3.05, 3.63) is 173 Å². The van der Waals surface area contributed by atoms with E-state index in [9.17, 15) is 26.3 Å². The fraction of sp³-hybridized carbons (Fsp3) is 0.250. The summed E-state index contributed by atoms with van der Waals surface area (Å²) in [6.45, 7) is 11.8. The van der Waals surface area contributed by atoms with Gasteiger partial charge in [-0.05, 0) is 161 Å². The van der Waals surface area contributed by atoms with Gasteiger partial charge >= 0.3 is 12.4 Å². The lowest BCUT2D eigenvalue weighted by Crippen LogP contribution is -2.08. The van der Waals surface area contributed by atoms with E-state index in [1.165, 1.54) is 38.6 Å². The molecule has 2 N–H and O–H groups in total. The zero-order chi connectivity index (χ0) is 53.5. The molecule has 0 spiro atoms. The van der Waals surface area contributed by atoms with Crippen LogP contribution in [0.3, 0.4) is 0 Å². The van der Waals surface area contributed by atoms with Gasteiger partial charge in [0, 0.05) is 57.4 Å². The van der Waals surface area contributed by atoms with Crippen molar-refractivity contribution in [2.24, 2.45) is 0 Å². The highest BCUT2D eigenvalue weighted by Crippen LogP contribution is 2.40. The molecule has 0 saturated heterocycles. The third-order valence-electron chi connectivity index (χ3n) is 11.0. The summed E-state index contributed by atoms with van der Waals surface area (Å²) in [6.07, 6.45) is -3.97. The predicted octanol–water partition coefficient (Wildman–Crippen LogP) is 13.8. The van der Waals surface area contributed by atoms with E-state index in [1.54, 1.807) is 51.6 Å². The van der Waals surface area contributed by atoms with Crippen LogP contribution >= 0.6 is 0 Å². The number of anilines is 1. The molecule has 8 rings (SSSR count). The molecule has 4 aromatic heterocycles. The standard InChI is InChI=1S/C15H14F3NO.2C14H16N2O.C13H11F3N2O/c1-3-11-5-4-6-13(19-11)10-7-8-14(20-2)12(9-10)15(16,17)18;1-9-8-11(5-7-13(9)17-3)14-12(15)6-4-10(2)16-14;1-4-12-7-8-15-14(16-12)11-5-6-13(17-3)10(2)9-11;1-8-5-6-17-12(18-8)9-3-4-11(19-2)10(7-9)13(14,15)16/h4-9H,3H2,1-2H3;4-8H,15H2,1-3H3;5-9H,4H2,1-3H3;3-7H,1-2H3. The zero-order valence-corrected chi connectivity index (χ0v) is 42.2. The van der Waals surface area contributed by atoms with Crippen LogP contribution in [-0.2, 0) is 25.2 Å². The van der Waals surface area contributed by atoms with Gasteiger partial charge in [0.2, 0.25) is 0 Å². The quantitative estimate of drug-likeness (QED) is 0.131. The molecule has 8 aromatic rings. The number of nitrogens with zero attached hydrogens (tertiary/aromatic N) is 6. The molecule has 0 saturated carbocycles. The minimum absolute atomic E-state index is 0.187. The van der Waals surface area contributed by atoms with Crippen LogP contribution in [0.15, 0.2) is 128 Å². The van der Waals surface area contributed by atoms with Crippen molar-refractivity contribution in [3.63, 3.8) is 0 Å². The number of hydrogen-bond acceptors (Lipinski definition) is 11. The summed E-state index contributed by atoms with van der Waals surface area (Å²) in [5.41, 5.74) is 14.9. The lowest BCUT2D eigenvalue weighted by molar-refractivity contribution is -0.139. The second-order valence-electron chi connectivity index (χ2n) is 16.2. The Morgan fingerprint density at radius 1 is 0.452 bits per heavy atom. The summed E-state index contributed by atoms with van der Waals surface area (Å²) in [4.78, 5) is 25.7. The molecule has 4 aromatic carbocycles. The molecule has 0 bridgehead atoms. The van der Waals surface area contributed by atoms with E-state index in [1.807, 2.05) is 88.4 Å². The molecule has 0 aliphatic heterocycles. The predicted molar refractivity (Wildman–Crippen MR) is 273 cm³/mol. The first-order valence-electron chi connectivity index (χ1n) is 22.8. The summed E-state index contributed by atoms with van der Waals surface area (Å²) in [7, 11) is 5.77. The van der Waals surface area contributed by atoms with Gasteiger partial charge in [-0.15, -0.1) is 0 Å². The minimum atomic E-state index is -4.48. The van der Waals surface area contributed by atoms with Crippen LogP contribution in [0.2, 0.25) is 0 Å². The van der Waals surface area contributed by atoms with E-state index in [0.29, 0.717) is 28.2 Å². The summed E-state index contributed by atoms with van der Waals surface area (Å²) in [5, 5.41) is 0. The topological polar surface area (TPSA) is 140 Å².